The van der Waals surface area contributed by atoms with Crippen molar-refractivity contribution in [1.29, 1.82) is 0 Å². The highest BCUT2D eigenvalue weighted by Crippen LogP contribution is 2.34. The summed E-state index contributed by atoms with van der Waals surface area (Å²) >= 11 is 2.47. The summed E-state index contributed by atoms with van der Waals surface area (Å²) in [5, 5.41) is 3.06. The van der Waals surface area contributed by atoms with Crippen LogP contribution >= 0.6 is 22.6 Å². The number of anilines is 1. The molecule has 1 fully saturated rings. The van der Waals surface area contributed by atoms with Crippen LogP contribution < -0.4 is 15.6 Å². The van der Waals surface area contributed by atoms with Crippen molar-refractivity contribution in [3.05, 3.63) is 86.3 Å². The number of nitrogens with zero attached hydrogens (tertiary/aromatic N) is 2. The predicted octanol–water partition coefficient (Wildman–Crippen LogP) is 6.55. The Bertz CT molecular complexity index is 1420. The SMILES string of the molecule is CCCC(CCI)N(CC)c1cc(-c2ccc(CN3CCOCC3)cc2)cc(C(=O)NCc2c(C)[nH]c(C)cc2=O)c1C. The molecule has 2 heterocycles. The van der Waals surface area contributed by atoms with Gasteiger partial charge in [0, 0.05) is 77.5 Å². The Hall–Kier alpha value is -2.69. The van der Waals surface area contributed by atoms with Crippen LogP contribution in [-0.4, -0.2) is 59.1 Å². The van der Waals surface area contributed by atoms with Gasteiger partial charge < -0.3 is 19.9 Å². The van der Waals surface area contributed by atoms with Crippen LogP contribution in [0, 0.1) is 20.8 Å². The number of H-pyrrole nitrogens is 1. The number of pyridine rings is 1. The lowest BCUT2D eigenvalue weighted by atomic mass is 9.94. The van der Waals surface area contributed by atoms with E-state index in [1.54, 1.807) is 6.07 Å². The van der Waals surface area contributed by atoms with Gasteiger partial charge in [0.2, 0.25) is 0 Å². The van der Waals surface area contributed by atoms with E-state index in [1.807, 2.05) is 19.9 Å². The first-order chi connectivity index (χ1) is 20.7. The van der Waals surface area contributed by atoms with Gasteiger partial charge in [0.25, 0.3) is 5.91 Å². The van der Waals surface area contributed by atoms with Crippen LogP contribution in [-0.2, 0) is 17.8 Å². The van der Waals surface area contributed by atoms with Crippen molar-refractivity contribution in [3.63, 3.8) is 0 Å². The van der Waals surface area contributed by atoms with E-state index in [9.17, 15) is 9.59 Å². The number of aromatic nitrogens is 1. The van der Waals surface area contributed by atoms with Gasteiger partial charge in [-0.2, -0.15) is 0 Å². The van der Waals surface area contributed by atoms with E-state index in [0.29, 0.717) is 17.2 Å². The van der Waals surface area contributed by atoms with Crippen molar-refractivity contribution in [1.82, 2.24) is 15.2 Å². The molecule has 1 unspecified atom stereocenters. The fraction of sp³-hybridized carbons (Fsp3) is 0.486. The van der Waals surface area contributed by atoms with E-state index in [1.165, 1.54) is 5.56 Å². The first-order valence-electron chi connectivity index (χ1n) is 15.6. The van der Waals surface area contributed by atoms with Crippen molar-refractivity contribution >= 4 is 34.2 Å². The fourth-order valence-electron chi connectivity index (χ4n) is 6.12. The number of carbonyl (C=O) groups excluding carboxylic acids is 1. The molecule has 2 N–H and O–H groups in total. The van der Waals surface area contributed by atoms with Gasteiger partial charge in [-0.15, -0.1) is 0 Å². The van der Waals surface area contributed by atoms with Gasteiger partial charge in [0.05, 0.1) is 13.2 Å². The summed E-state index contributed by atoms with van der Waals surface area (Å²) in [5.41, 5.74) is 8.23. The summed E-state index contributed by atoms with van der Waals surface area (Å²) in [5.74, 6) is -0.166. The second-order valence-corrected chi connectivity index (χ2v) is 12.6. The topological polar surface area (TPSA) is 77.7 Å². The average Bonchev–Trinajstić information content (AvgIpc) is 2.99. The number of benzene rings is 2. The molecule has 1 saturated heterocycles. The van der Waals surface area contributed by atoms with Crippen LogP contribution in [0.4, 0.5) is 5.69 Å². The number of amides is 1. The van der Waals surface area contributed by atoms with E-state index in [-0.39, 0.29) is 17.9 Å². The molecule has 1 aromatic heterocycles. The molecular weight excluding hydrogens is 651 g/mol. The van der Waals surface area contributed by atoms with E-state index in [2.05, 4.69) is 93.8 Å². The Morgan fingerprint density at radius 3 is 2.40 bits per heavy atom. The maximum atomic E-state index is 13.8. The van der Waals surface area contributed by atoms with Crippen molar-refractivity contribution in [2.45, 2.75) is 73.0 Å². The maximum Gasteiger partial charge on any atom is 0.251 e. The highest BCUT2D eigenvalue weighted by Gasteiger charge is 2.23. The second kappa shape index (κ2) is 15.9. The number of aryl methyl sites for hydroxylation is 2. The Balaban J connectivity index is 1.70. The largest absolute Gasteiger partial charge is 0.379 e. The standard InChI is InChI=1S/C35H47IN4O3/c1-6-8-30(13-14-36)40(7-2)33-21-29(28-11-9-27(10-12-28)23-39-15-17-43-18-16-39)20-31(25(33)4)35(42)37-22-32-26(5)38-24(3)19-34(32)41/h9-12,19-21,30H,6-8,13-18,22-23H2,1-5H3,(H,37,42)(H,38,41). The lowest BCUT2D eigenvalue weighted by Gasteiger charge is -2.35. The third-order valence-corrected chi connectivity index (χ3v) is 9.11. The molecule has 0 radical (unpaired) electrons. The number of aromatic amines is 1. The summed E-state index contributed by atoms with van der Waals surface area (Å²) in [6.45, 7) is 15.7. The Morgan fingerprint density at radius 1 is 1.05 bits per heavy atom. The summed E-state index contributed by atoms with van der Waals surface area (Å²) in [6, 6.07) is 15.0. The highest BCUT2D eigenvalue weighted by atomic mass is 127. The first-order valence-corrected chi connectivity index (χ1v) is 17.1. The number of halogens is 1. The van der Waals surface area contributed by atoms with E-state index >= 15 is 0 Å². The lowest BCUT2D eigenvalue weighted by molar-refractivity contribution is 0.0342. The minimum absolute atomic E-state index is 0.0595. The molecule has 1 atom stereocenters. The van der Waals surface area contributed by atoms with Gasteiger partial charge in [-0.25, -0.2) is 0 Å². The number of nitrogens with one attached hydrogen (secondary N) is 2. The van der Waals surface area contributed by atoms with Crippen LogP contribution in [0.1, 0.15) is 71.5 Å². The smallest absolute Gasteiger partial charge is 0.251 e. The molecular formula is C35H47IN4O3. The Morgan fingerprint density at radius 2 is 1.77 bits per heavy atom. The summed E-state index contributed by atoms with van der Waals surface area (Å²) < 4.78 is 6.59. The zero-order valence-corrected chi connectivity index (χ0v) is 28.6. The number of carbonyl (C=O) groups is 1. The fourth-order valence-corrected chi connectivity index (χ4v) is 6.84. The quantitative estimate of drug-likeness (QED) is 0.157. The zero-order valence-electron chi connectivity index (χ0n) is 26.4. The molecule has 7 nitrogen and oxygen atoms in total. The van der Waals surface area contributed by atoms with Crippen molar-refractivity contribution in [3.8, 4) is 11.1 Å². The predicted molar refractivity (Wildman–Crippen MR) is 186 cm³/mol. The Labute approximate surface area is 270 Å². The van der Waals surface area contributed by atoms with Crippen molar-refractivity contribution < 1.29 is 9.53 Å². The Kier molecular flexibility index (Phi) is 12.2. The minimum Gasteiger partial charge on any atom is -0.379 e. The third-order valence-electron chi connectivity index (χ3n) is 8.49. The summed E-state index contributed by atoms with van der Waals surface area (Å²) in [4.78, 5) is 34.6. The summed E-state index contributed by atoms with van der Waals surface area (Å²) in [6.07, 6.45) is 3.31. The van der Waals surface area contributed by atoms with Gasteiger partial charge in [-0.3, -0.25) is 14.5 Å². The summed E-state index contributed by atoms with van der Waals surface area (Å²) in [7, 11) is 0. The van der Waals surface area contributed by atoms with Gasteiger partial charge in [-0.1, -0.05) is 60.2 Å². The molecule has 1 aliphatic rings. The van der Waals surface area contributed by atoms with Crippen LogP contribution in [0.2, 0.25) is 0 Å². The number of hydrogen-bond donors (Lipinski definition) is 2. The molecule has 4 rings (SSSR count). The van der Waals surface area contributed by atoms with E-state index in [4.69, 9.17) is 4.74 Å². The zero-order chi connectivity index (χ0) is 30.9. The van der Waals surface area contributed by atoms with Gasteiger partial charge in [0.1, 0.15) is 0 Å². The molecule has 1 aliphatic heterocycles. The normalized spacial score (nSPS) is 14.5. The van der Waals surface area contributed by atoms with Crippen molar-refractivity contribution in [2.75, 3.05) is 42.2 Å². The molecule has 0 spiro atoms. The number of morpholine rings is 1. The van der Waals surface area contributed by atoms with E-state index in [0.717, 1.165) is 96.8 Å². The molecule has 8 heteroatoms. The monoisotopic (exact) mass is 698 g/mol. The molecule has 43 heavy (non-hydrogen) atoms. The van der Waals surface area contributed by atoms with Crippen molar-refractivity contribution in [2.24, 2.45) is 0 Å². The number of ether oxygens (including phenoxy) is 1. The van der Waals surface area contributed by atoms with Crippen LogP contribution in [0.15, 0.2) is 47.3 Å². The average molecular weight is 699 g/mol. The molecule has 232 valence electrons. The van der Waals surface area contributed by atoms with Crippen LogP contribution in [0.25, 0.3) is 11.1 Å². The lowest BCUT2D eigenvalue weighted by Crippen LogP contribution is -2.36. The van der Waals surface area contributed by atoms with Gasteiger partial charge in [-0.05, 0) is 74.9 Å². The van der Waals surface area contributed by atoms with Crippen LogP contribution in [0.3, 0.4) is 0 Å². The highest BCUT2D eigenvalue weighted by molar-refractivity contribution is 14.1. The first kappa shape index (κ1) is 33.2. The van der Waals surface area contributed by atoms with Crippen LogP contribution in [0.5, 0.6) is 0 Å². The molecule has 1 amide bonds. The molecule has 3 aromatic rings. The molecule has 0 aliphatic carbocycles. The number of rotatable bonds is 13. The number of alkyl halides is 1. The molecule has 2 aromatic carbocycles. The van der Waals surface area contributed by atoms with Gasteiger partial charge in [0.15, 0.2) is 5.43 Å². The molecule has 0 bridgehead atoms. The van der Waals surface area contributed by atoms with Gasteiger partial charge >= 0.3 is 0 Å². The third kappa shape index (κ3) is 8.48. The van der Waals surface area contributed by atoms with E-state index < -0.39 is 0 Å². The second-order valence-electron chi connectivity index (χ2n) is 11.6. The minimum atomic E-state index is -0.166. The maximum absolute atomic E-state index is 13.8. The number of hydrogen-bond acceptors (Lipinski definition) is 5. The molecule has 0 saturated carbocycles.